The molecule has 0 spiro atoms. The van der Waals surface area contributed by atoms with Crippen molar-refractivity contribution in [2.45, 2.75) is 89.7 Å². The summed E-state index contributed by atoms with van der Waals surface area (Å²) in [4.78, 5) is 25.5. The Bertz CT molecular complexity index is 905. The number of nitrogens with zero attached hydrogens (tertiary/aromatic N) is 1. The Kier molecular flexibility index (Phi) is 24.9. The van der Waals surface area contributed by atoms with Crippen LogP contribution in [0.15, 0.2) is 72.9 Å². The molecule has 41 heavy (non-hydrogen) atoms. The van der Waals surface area contributed by atoms with Gasteiger partial charge in [0.05, 0.1) is 6.54 Å². The number of carbonyl (C=O) groups excluding carboxylic acids is 2. The van der Waals surface area contributed by atoms with Gasteiger partial charge in [-0.05, 0) is 65.2 Å². The van der Waals surface area contributed by atoms with Gasteiger partial charge in [-0.3, -0.25) is 15.0 Å². The molecular formula is C33H54N4O2S2. The molecule has 0 aromatic heterocycles. The molecule has 0 aliphatic carbocycles. The van der Waals surface area contributed by atoms with E-state index in [0.717, 1.165) is 57.1 Å². The number of nitrogens with two attached hydrogens (primary N) is 1. The van der Waals surface area contributed by atoms with Crippen molar-refractivity contribution in [3.8, 4) is 0 Å². The molecule has 4 N–H and O–H groups in total. The van der Waals surface area contributed by atoms with Crippen LogP contribution in [-0.2, 0) is 9.59 Å². The fourth-order valence-electron chi connectivity index (χ4n) is 3.29. The number of hydrogen-bond acceptors (Lipinski definition) is 5. The third-order valence-corrected chi connectivity index (χ3v) is 9.11. The van der Waals surface area contributed by atoms with Gasteiger partial charge in [0.2, 0.25) is 5.91 Å². The second-order valence-electron chi connectivity index (χ2n) is 10.2. The summed E-state index contributed by atoms with van der Waals surface area (Å²) in [5, 5.41) is 10.3. The molecule has 0 aliphatic heterocycles. The summed E-state index contributed by atoms with van der Waals surface area (Å²) in [6, 6.07) is 0. The number of carbonyl (C=O) groups is 2. The van der Waals surface area contributed by atoms with Crippen LogP contribution in [0.3, 0.4) is 0 Å². The second kappa shape index (κ2) is 26.4. The van der Waals surface area contributed by atoms with Crippen LogP contribution in [0.4, 0.5) is 0 Å². The van der Waals surface area contributed by atoms with Crippen LogP contribution >= 0.6 is 21.6 Å². The van der Waals surface area contributed by atoms with Crippen molar-refractivity contribution < 1.29 is 9.59 Å². The molecule has 0 atom stereocenters. The van der Waals surface area contributed by atoms with E-state index in [2.05, 4.69) is 99.0 Å². The van der Waals surface area contributed by atoms with E-state index in [1.165, 1.54) is 4.90 Å². The van der Waals surface area contributed by atoms with E-state index < -0.39 is 0 Å². The topological polar surface area (TPSA) is 99.3 Å². The average molecular weight is 603 g/mol. The van der Waals surface area contributed by atoms with Crippen LogP contribution in [-0.4, -0.2) is 53.2 Å². The average Bonchev–Trinajstić information content (AvgIpc) is 2.93. The highest BCUT2D eigenvalue weighted by atomic mass is 33.1. The third kappa shape index (κ3) is 27.5. The monoisotopic (exact) mass is 602 g/mol. The molecule has 0 bridgehead atoms. The second-order valence-corrected chi connectivity index (χ2v) is 13.4. The Labute approximate surface area is 258 Å². The van der Waals surface area contributed by atoms with Gasteiger partial charge in [-0.1, -0.05) is 101 Å². The largest absolute Gasteiger partial charge is 0.370 e. The highest BCUT2D eigenvalue weighted by Crippen LogP contribution is 2.38. The summed E-state index contributed by atoms with van der Waals surface area (Å²) in [7, 11) is 5.11. The lowest BCUT2D eigenvalue weighted by Gasteiger charge is -2.23. The highest BCUT2D eigenvalue weighted by molar-refractivity contribution is 8.77. The van der Waals surface area contributed by atoms with Crippen LogP contribution < -0.4 is 11.1 Å². The van der Waals surface area contributed by atoms with E-state index in [-0.39, 0.29) is 28.9 Å². The normalized spacial score (nSPS) is 12.7. The van der Waals surface area contributed by atoms with Crippen LogP contribution in [0.1, 0.15) is 85.0 Å². The number of amides is 1. The molecule has 0 rings (SSSR count). The van der Waals surface area contributed by atoms with E-state index >= 15 is 0 Å². The fraction of sp³-hybridized carbons (Fsp3) is 0.545. The summed E-state index contributed by atoms with van der Waals surface area (Å²) >= 11 is 0. The Morgan fingerprint density at radius 2 is 1.32 bits per heavy atom. The molecular weight excluding hydrogens is 549 g/mol. The zero-order chi connectivity index (χ0) is 30.6. The van der Waals surface area contributed by atoms with Crippen molar-refractivity contribution in [1.82, 2.24) is 10.2 Å². The summed E-state index contributed by atoms with van der Waals surface area (Å²) < 4.78 is -0.0465. The molecule has 0 fully saturated rings. The molecule has 0 heterocycles. The number of guanidine groups is 1. The first-order valence-electron chi connectivity index (χ1n) is 14.7. The maximum Gasteiger partial charge on any atom is 0.220 e. The van der Waals surface area contributed by atoms with Crippen molar-refractivity contribution in [2.75, 3.05) is 25.9 Å². The fourth-order valence-corrected chi connectivity index (χ4v) is 5.77. The van der Waals surface area contributed by atoms with E-state index in [1.54, 1.807) is 28.6 Å². The molecule has 1 amide bonds. The van der Waals surface area contributed by atoms with Gasteiger partial charge >= 0.3 is 0 Å². The Balaban J connectivity index is 3.76. The van der Waals surface area contributed by atoms with Gasteiger partial charge in [0.25, 0.3) is 0 Å². The smallest absolute Gasteiger partial charge is 0.220 e. The number of ketones is 1. The first-order chi connectivity index (χ1) is 19.7. The number of Topliss-reactive ketones (excluding diaryl/α,β-unsaturated/α-hetero) is 1. The van der Waals surface area contributed by atoms with Gasteiger partial charge in [0.1, 0.15) is 0 Å². The van der Waals surface area contributed by atoms with E-state index in [9.17, 15) is 9.59 Å². The Morgan fingerprint density at radius 1 is 0.829 bits per heavy atom. The number of rotatable bonds is 24. The number of likely N-dealkylation sites (N-methyl/N-ethyl adjacent to an activating group) is 1. The molecule has 230 valence electrons. The van der Waals surface area contributed by atoms with Gasteiger partial charge in [-0.25, -0.2) is 0 Å². The van der Waals surface area contributed by atoms with Gasteiger partial charge in [0.15, 0.2) is 11.7 Å². The minimum Gasteiger partial charge on any atom is -0.370 e. The first-order valence-corrected chi connectivity index (χ1v) is 17.0. The van der Waals surface area contributed by atoms with E-state index in [1.807, 2.05) is 0 Å². The van der Waals surface area contributed by atoms with Crippen LogP contribution in [0.25, 0.3) is 0 Å². The molecule has 0 saturated carbocycles. The lowest BCUT2D eigenvalue weighted by atomic mass is 10.0. The maximum absolute atomic E-state index is 12.1. The molecule has 0 aromatic rings. The van der Waals surface area contributed by atoms with Crippen LogP contribution in [0.2, 0.25) is 0 Å². The van der Waals surface area contributed by atoms with Crippen LogP contribution in [0.5, 0.6) is 0 Å². The van der Waals surface area contributed by atoms with Crippen molar-refractivity contribution >= 4 is 39.2 Å². The predicted molar refractivity (Wildman–Crippen MR) is 183 cm³/mol. The first kappa shape index (κ1) is 38.5. The Morgan fingerprint density at radius 3 is 1.80 bits per heavy atom. The number of allylic oxidation sites excluding steroid dienone is 12. The molecule has 0 unspecified atom stereocenters. The molecule has 8 heteroatoms. The van der Waals surface area contributed by atoms with E-state index in [0.29, 0.717) is 19.4 Å². The van der Waals surface area contributed by atoms with Crippen molar-refractivity contribution in [1.29, 1.82) is 5.41 Å². The lowest BCUT2D eigenvalue weighted by molar-refractivity contribution is -0.121. The van der Waals surface area contributed by atoms with Crippen LogP contribution in [0, 0.1) is 5.41 Å². The zero-order valence-corrected chi connectivity index (χ0v) is 27.4. The predicted octanol–water partition coefficient (Wildman–Crippen LogP) is 7.92. The van der Waals surface area contributed by atoms with Gasteiger partial charge in [-0.2, -0.15) is 0 Å². The SMILES string of the molecule is CC/C=C\C/C=C\C/C=C\C/C=C\C/C=C\C/C=C\CCC(=O)NCCSSC(C)(C)CCC(=O)CN(C)C(=N)N. The molecule has 0 aromatic carbocycles. The standard InChI is InChI=1S/C33H54N4O2S2/c1-5-6-7-8-9-10-11-12-13-14-15-16-17-18-19-20-21-22-23-24-31(39)36-27-28-40-41-33(2,3)26-25-30(38)29-37(4)32(34)35/h6-7,9-10,12-13,15-16,18-19,21-22H,5,8,11,14,17,20,23-29H2,1-4H3,(H3,34,35)(H,36,39)/b7-6-,10-9-,13-12-,16-15-,19-18-,22-21-. The summed E-state index contributed by atoms with van der Waals surface area (Å²) in [5.41, 5.74) is 5.38. The quantitative estimate of drug-likeness (QED) is 0.0341. The summed E-state index contributed by atoms with van der Waals surface area (Å²) in [6.07, 6.45) is 34.5. The maximum atomic E-state index is 12.1. The minimum atomic E-state index is -0.0954. The molecule has 0 saturated heterocycles. The van der Waals surface area contributed by atoms with Gasteiger partial charge in [-0.15, -0.1) is 0 Å². The van der Waals surface area contributed by atoms with Gasteiger partial charge in [0, 0.05) is 36.9 Å². The van der Waals surface area contributed by atoms with Crippen molar-refractivity contribution in [3.63, 3.8) is 0 Å². The van der Waals surface area contributed by atoms with Gasteiger partial charge < -0.3 is 16.0 Å². The zero-order valence-electron chi connectivity index (χ0n) is 25.8. The number of nitrogens with one attached hydrogen (secondary N) is 2. The van der Waals surface area contributed by atoms with Crippen molar-refractivity contribution in [2.24, 2.45) is 5.73 Å². The Hall–Kier alpha value is -2.45. The number of hydrogen-bond donors (Lipinski definition) is 3. The summed E-state index contributed by atoms with van der Waals surface area (Å²) in [6.45, 7) is 7.21. The molecule has 0 radical (unpaired) electrons. The third-order valence-electron chi connectivity index (χ3n) is 5.76. The highest BCUT2D eigenvalue weighted by Gasteiger charge is 2.21. The molecule has 6 nitrogen and oxygen atoms in total. The lowest BCUT2D eigenvalue weighted by Crippen LogP contribution is -2.37. The summed E-state index contributed by atoms with van der Waals surface area (Å²) in [5.74, 6) is 0.887. The molecule has 0 aliphatic rings. The minimum absolute atomic E-state index is 0.0465. The van der Waals surface area contributed by atoms with Crippen molar-refractivity contribution in [3.05, 3.63) is 72.9 Å². The van der Waals surface area contributed by atoms with E-state index in [4.69, 9.17) is 11.1 Å².